The monoisotopic (exact) mass is 386 g/mol. The van der Waals surface area contributed by atoms with Crippen molar-refractivity contribution in [3.05, 3.63) is 66.2 Å². The van der Waals surface area contributed by atoms with E-state index in [0.29, 0.717) is 5.56 Å². The Hall–Kier alpha value is -2.51. The highest BCUT2D eigenvalue weighted by atomic mass is 32.2. The molecule has 5 atom stereocenters. The quantitative estimate of drug-likeness (QED) is 0.743. The molecule has 0 aliphatic carbocycles. The van der Waals surface area contributed by atoms with E-state index in [4.69, 9.17) is 18.9 Å². The number of ether oxygens (including phenoxy) is 4. The summed E-state index contributed by atoms with van der Waals surface area (Å²) < 4.78 is 22.3. The summed E-state index contributed by atoms with van der Waals surface area (Å²) in [5.41, 5.74) is -0.0298. The first-order valence-corrected chi connectivity index (χ1v) is 9.50. The van der Waals surface area contributed by atoms with Gasteiger partial charge in [-0.3, -0.25) is 0 Å². The number of carbonyl (C=O) groups excluding carboxylic acids is 2. The summed E-state index contributed by atoms with van der Waals surface area (Å²) in [6.45, 7) is 1.80. The molecule has 0 amide bonds. The molecule has 0 N–H and O–H groups in total. The van der Waals surface area contributed by atoms with Crippen LogP contribution in [0.4, 0.5) is 4.79 Å². The summed E-state index contributed by atoms with van der Waals surface area (Å²) in [6, 6.07) is 18.3. The summed E-state index contributed by atoms with van der Waals surface area (Å²) in [6.07, 6.45) is -3.36. The van der Waals surface area contributed by atoms with Crippen LogP contribution < -0.4 is 0 Å². The van der Waals surface area contributed by atoms with Crippen molar-refractivity contribution >= 4 is 23.9 Å². The fourth-order valence-corrected chi connectivity index (χ4v) is 4.30. The van der Waals surface area contributed by atoms with Gasteiger partial charge in [-0.05, 0) is 31.2 Å². The molecule has 2 heterocycles. The SMILES string of the molecule is C[C@@H]1O[C@@H](Sc2ccccc2)[C@@H]2OC(=O)O[C@@H]2[C@H]1OC(=O)c1ccccc1. The van der Waals surface area contributed by atoms with Crippen molar-refractivity contribution in [3.63, 3.8) is 0 Å². The predicted octanol–water partition coefficient (Wildman–Crippen LogP) is 3.65. The van der Waals surface area contributed by atoms with E-state index in [9.17, 15) is 9.59 Å². The topological polar surface area (TPSA) is 71.1 Å². The average molecular weight is 386 g/mol. The first-order chi connectivity index (χ1) is 13.1. The number of fused-ring (bicyclic) bond motifs is 1. The van der Waals surface area contributed by atoms with Crippen LogP contribution in [0.5, 0.6) is 0 Å². The van der Waals surface area contributed by atoms with Crippen LogP contribution in [0.3, 0.4) is 0 Å². The zero-order valence-electron chi connectivity index (χ0n) is 14.5. The zero-order valence-corrected chi connectivity index (χ0v) is 15.3. The summed E-state index contributed by atoms with van der Waals surface area (Å²) in [7, 11) is 0. The number of thioether (sulfide) groups is 1. The van der Waals surface area contributed by atoms with Gasteiger partial charge in [0.1, 0.15) is 5.44 Å². The second kappa shape index (κ2) is 7.62. The average Bonchev–Trinajstić information content (AvgIpc) is 3.08. The van der Waals surface area contributed by atoms with Crippen LogP contribution in [0, 0.1) is 0 Å². The van der Waals surface area contributed by atoms with Gasteiger partial charge in [0.15, 0.2) is 18.3 Å². The maximum atomic E-state index is 12.4. The van der Waals surface area contributed by atoms with Crippen LogP contribution in [-0.4, -0.2) is 42.0 Å². The van der Waals surface area contributed by atoms with Crippen LogP contribution >= 0.6 is 11.8 Å². The molecular formula is C20H18O6S. The maximum Gasteiger partial charge on any atom is 0.509 e. The Labute approximate surface area is 160 Å². The molecule has 0 bridgehead atoms. The van der Waals surface area contributed by atoms with Gasteiger partial charge in [-0.15, -0.1) is 0 Å². The van der Waals surface area contributed by atoms with E-state index in [2.05, 4.69) is 0 Å². The minimum atomic E-state index is -0.776. The Bertz CT molecular complexity index is 812. The summed E-state index contributed by atoms with van der Waals surface area (Å²) >= 11 is 1.44. The minimum absolute atomic E-state index is 0.423. The van der Waals surface area contributed by atoms with Crippen LogP contribution in [-0.2, 0) is 18.9 Å². The van der Waals surface area contributed by atoms with Crippen molar-refractivity contribution in [2.45, 2.75) is 41.7 Å². The van der Waals surface area contributed by atoms with E-state index in [1.165, 1.54) is 11.8 Å². The fraction of sp³-hybridized carbons (Fsp3) is 0.300. The molecule has 0 spiro atoms. The molecule has 2 aliphatic rings. The molecule has 7 heteroatoms. The first kappa shape index (κ1) is 17.9. The molecule has 140 valence electrons. The normalized spacial score (nSPS) is 29.4. The Morgan fingerprint density at radius 1 is 0.963 bits per heavy atom. The van der Waals surface area contributed by atoms with Crippen LogP contribution in [0.25, 0.3) is 0 Å². The lowest BCUT2D eigenvalue weighted by Gasteiger charge is -2.39. The number of hydrogen-bond donors (Lipinski definition) is 0. The molecular weight excluding hydrogens is 368 g/mol. The number of rotatable bonds is 4. The molecule has 0 radical (unpaired) electrons. The molecule has 2 saturated heterocycles. The van der Waals surface area contributed by atoms with Crippen molar-refractivity contribution in [1.82, 2.24) is 0 Å². The van der Waals surface area contributed by atoms with E-state index < -0.39 is 42.0 Å². The van der Waals surface area contributed by atoms with Crippen molar-refractivity contribution in [2.24, 2.45) is 0 Å². The second-order valence-corrected chi connectivity index (χ2v) is 7.46. The lowest BCUT2D eigenvalue weighted by Crippen LogP contribution is -2.55. The highest BCUT2D eigenvalue weighted by Crippen LogP contribution is 2.39. The molecule has 2 aromatic carbocycles. The molecule has 2 aliphatic heterocycles. The highest BCUT2D eigenvalue weighted by molar-refractivity contribution is 7.99. The number of benzene rings is 2. The lowest BCUT2D eigenvalue weighted by atomic mass is 10.0. The highest BCUT2D eigenvalue weighted by Gasteiger charge is 2.55. The van der Waals surface area contributed by atoms with Gasteiger partial charge in [0.25, 0.3) is 0 Å². The largest absolute Gasteiger partial charge is 0.509 e. The van der Waals surface area contributed by atoms with Crippen LogP contribution in [0.2, 0.25) is 0 Å². The minimum Gasteiger partial charge on any atom is -0.452 e. The molecule has 4 rings (SSSR count). The smallest absolute Gasteiger partial charge is 0.452 e. The maximum absolute atomic E-state index is 12.4. The Morgan fingerprint density at radius 3 is 2.30 bits per heavy atom. The third kappa shape index (κ3) is 3.79. The van der Waals surface area contributed by atoms with E-state index in [0.717, 1.165) is 4.90 Å². The van der Waals surface area contributed by atoms with Crippen LogP contribution in [0.15, 0.2) is 65.6 Å². The van der Waals surface area contributed by atoms with Gasteiger partial charge < -0.3 is 18.9 Å². The van der Waals surface area contributed by atoms with Crippen LogP contribution in [0.1, 0.15) is 17.3 Å². The van der Waals surface area contributed by atoms with Crippen molar-refractivity contribution in [2.75, 3.05) is 0 Å². The van der Waals surface area contributed by atoms with Crippen molar-refractivity contribution in [1.29, 1.82) is 0 Å². The summed E-state index contributed by atoms with van der Waals surface area (Å²) in [5.74, 6) is -0.494. The van der Waals surface area contributed by atoms with Gasteiger partial charge in [-0.25, -0.2) is 9.59 Å². The first-order valence-electron chi connectivity index (χ1n) is 8.62. The third-order valence-corrected chi connectivity index (χ3v) is 5.60. The molecule has 0 aromatic heterocycles. The third-order valence-electron chi connectivity index (χ3n) is 4.44. The predicted molar refractivity (Wildman–Crippen MR) is 97.4 cm³/mol. The molecule has 6 nitrogen and oxygen atoms in total. The summed E-state index contributed by atoms with van der Waals surface area (Å²) in [5, 5.41) is 0. The number of carbonyl (C=O) groups is 2. The van der Waals surface area contributed by atoms with Gasteiger partial charge >= 0.3 is 12.1 Å². The van der Waals surface area contributed by atoms with Crippen molar-refractivity contribution in [3.8, 4) is 0 Å². The lowest BCUT2D eigenvalue weighted by molar-refractivity contribution is -0.156. The summed E-state index contributed by atoms with van der Waals surface area (Å²) in [4.78, 5) is 25.2. The van der Waals surface area contributed by atoms with E-state index >= 15 is 0 Å². The van der Waals surface area contributed by atoms with Gasteiger partial charge in [0, 0.05) is 4.90 Å². The standard InChI is InChI=1S/C20H18O6S/c1-12-15(24-18(21)13-8-4-2-5-9-13)16-17(26-20(22)25-16)19(23-12)27-14-10-6-3-7-11-14/h2-12,15-17,19H,1H3/t12-,15-,16+,17+,19-/m0/s1. The molecule has 27 heavy (non-hydrogen) atoms. The Kier molecular flexibility index (Phi) is 5.05. The Morgan fingerprint density at radius 2 is 1.59 bits per heavy atom. The molecule has 2 fully saturated rings. The zero-order chi connectivity index (χ0) is 18.8. The van der Waals surface area contributed by atoms with E-state index in [-0.39, 0.29) is 0 Å². The van der Waals surface area contributed by atoms with Gasteiger partial charge in [-0.2, -0.15) is 0 Å². The van der Waals surface area contributed by atoms with E-state index in [1.807, 2.05) is 36.4 Å². The van der Waals surface area contributed by atoms with Gasteiger partial charge in [-0.1, -0.05) is 48.2 Å². The Balaban J connectivity index is 1.52. The number of hydrogen-bond acceptors (Lipinski definition) is 7. The second-order valence-electron chi connectivity index (χ2n) is 6.29. The van der Waals surface area contributed by atoms with Gasteiger partial charge in [0.2, 0.25) is 0 Å². The van der Waals surface area contributed by atoms with Gasteiger partial charge in [0.05, 0.1) is 11.7 Å². The fourth-order valence-electron chi connectivity index (χ4n) is 3.14. The van der Waals surface area contributed by atoms with Crippen molar-refractivity contribution < 1.29 is 28.5 Å². The number of esters is 1. The molecule has 2 aromatic rings. The van der Waals surface area contributed by atoms with E-state index in [1.54, 1.807) is 31.2 Å². The molecule has 0 saturated carbocycles. The molecule has 0 unspecified atom stereocenters.